The average Bonchev–Trinajstić information content (AvgIpc) is 2.76. The van der Waals surface area contributed by atoms with Crippen LogP contribution in [-0.2, 0) is 21.5 Å². The lowest BCUT2D eigenvalue weighted by Crippen LogP contribution is -2.49. The molecular formula is C27H38N2O3. The standard InChI is InChI=1S/C27H38N2O3/c1-7-8-17-28-26(31)21(3)29(18-22-11-9-20(2)10-12-22)25(30)19-32-24-15-13-23(14-16-24)27(4,5)6/h9-16,21H,7-8,17-19H2,1-6H3,(H,28,31)/t21-/m1/s1. The molecule has 0 fully saturated rings. The molecule has 2 amide bonds. The van der Waals surface area contributed by atoms with Gasteiger partial charge in [0.05, 0.1) is 0 Å². The summed E-state index contributed by atoms with van der Waals surface area (Å²) in [5, 5.41) is 2.93. The van der Waals surface area contributed by atoms with Gasteiger partial charge in [0.1, 0.15) is 11.8 Å². The fourth-order valence-corrected chi connectivity index (χ4v) is 3.29. The lowest BCUT2D eigenvalue weighted by atomic mass is 9.87. The van der Waals surface area contributed by atoms with Gasteiger partial charge in [-0.3, -0.25) is 9.59 Å². The summed E-state index contributed by atoms with van der Waals surface area (Å²) < 4.78 is 5.78. The zero-order valence-corrected chi connectivity index (χ0v) is 20.4. The van der Waals surface area contributed by atoms with E-state index in [0.29, 0.717) is 18.8 Å². The van der Waals surface area contributed by atoms with Gasteiger partial charge in [0.25, 0.3) is 5.91 Å². The van der Waals surface area contributed by atoms with E-state index < -0.39 is 6.04 Å². The van der Waals surface area contributed by atoms with Crippen LogP contribution in [0.5, 0.6) is 5.75 Å². The smallest absolute Gasteiger partial charge is 0.261 e. The van der Waals surface area contributed by atoms with E-state index in [1.165, 1.54) is 5.56 Å². The van der Waals surface area contributed by atoms with Gasteiger partial charge in [-0.2, -0.15) is 0 Å². The monoisotopic (exact) mass is 438 g/mol. The predicted molar refractivity (Wildman–Crippen MR) is 130 cm³/mol. The first kappa shape index (κ1) is 25.4. The second kappa shape index (κ2) is 11.7. The minimum absolute atomic E-state index is 0.0553. The summed E-state index contributed by atoms with van der Waals surface area (Å²) in [5.41, 5.74) is 3.39. The van der Waals surface area contributed by atoms with Gasteiger partial charge in [0, 0.05) is 13.1 Å². The van der Waals surface area contributed by atoms with E-state index in [1.54, 1.807) is 11.8 Å². The highest BCUT2D eigenvalue weighted by Gasteiger charge is 2.26. The maximum Gasteiger partial charge on any atom is 0.261 e. The van der Waals surface area contributed by atoms with E-state index in [2.05, 4.69) is 33.0 Å². The fourth-order valence-electron chi connectivity index (χ4n) is 3.29. The second-order valence-corrected chi connectivity index (χ2v) is 9.39. The molecule has 5 heteroatoms. The van der Waals surface area contributed by atoms with E-state index in [1.807, 2.05) is 55.5 Å². The van der Waals surface area contributed by atoms with Gasteiger partial charge in [0.2, 0.25) is 5.91 Å². The molecule has 0 aliphatic rings. The number of aryl methyl sites for hydroxylation is 1. The Morgan fingerprint density at radius 3 is 2.22 bits per heavy atom. The van der Waals surface area contributed by atoms with Crippen LogP contribution in [0.25, 0.3) is 0 Å². The van der Waals surface area contributed by atoms with Gasteiger partial charge in [0.15, 0.2) is 6.61 Å². The molecule has 0 saturated heterocycles. The van der Waals surface area contributed by atoms with Crippen molar-refractivity contribution in [2.24, 2.45) is 0 Å². The summed E-state index contributed by atoms with van der Waals surface area (Å²) in [6.45, 7) is 13.2. The normalized spacial score (nSPS) is 12.2. The number of ether oxygens (including phenoxy) is 1. The van der Waals surface area contributed by atoms with Gasteiger partial charge < -0.3 is 15.0 Å². The van der Waals surface area contributed by atoms with Crippen LogP contribution in [0.15, 0.2) is 48.5 Å². The van der Waals surface area contributed by atoms with E-state index >= 15 is 0 Å². The number of benzene rings is 2. The zero-order valence-electron chi connectivity index (χ0n) is 20.4. The molecule has 0 aromatic heterocycles. The molecular weight excluding hydrogens is 400 g/mol. The van der Waals surface area contributed by atoms with Crippen molar-refractivity contribution in [1.29, 1.82) is 0 Å². The molecule has 2 rings (SSSR count). The number of unbranched alkanes of at least 4 members (excludes halogenated alkanes) is 1. The van der Waals surface area contributed by atoms with Crippen LogP contribution < -0.4 is 10.1 Å². The first-order valence-corrected chi connectivity index (χ1v) is 11.5. The maximum atomic E-state index is 13.1. The molecule has 2 aromatic carbocycles. The van der Waals surface area contributed by atoms with Crippen LogP contribution in [-0.4, -0.2) is 35.9 Å². The second-order valence-electron chi connectivity index (χ2n) is 9.39. The molecule has 32 heavy (non-hydrogen) atoms. The summed E-state index contributed by atoms with van der Waals surface area (Å²) in [5.74, 6) is 0.277. The summed E-state index contributed by atoms with van der Waals surface area (Å²) in [6, 6.07) is 15.2. The number of carbonyl (C=O) groups excluding carboxylic acids is 2. The SMILES string of the molecule is CCCCNC(=O)[C@@H](C)N(Cc1ccc(C)cc1)C(=O)COc1ccc(C(C)(C)C)cc1. The molecule has 2 aromatic rings. The Kier molecular flexibility index (Phi) is 9.30. The Morgan fingerprint density at radius 2 is 1.66 bits per heavy atom. The van der Waals surface area contributed by atoms with E-state index in [-0.39, 0.29) is 23.8 Å². The van der Waals surface area contributed by atoms with Crippen molar-refractivity contribution in [3.05, 3.63) is 65.2 Å². The van der Waals surface area contributed by atoms with Gasteiger partial charge in [-0.15, -0.1) is 0 Å². The molecule has 1 N–H and O–H groups in total. The summed E-state index contributed by atoms with van der Waals surface area (Å²) >= 11 is 0. The summed E-state index contributed by atoms with van der Waals surface area (Å²) in [7, 11) is 0. The van der Waals surface area contributed by atoms with Crippen molar-refractivity contribution in [2.45, 2.75) is 72.4 Å². The van der Waals surface area contributed by atoms with Gasteiger partial charge >= 0.3 is 0 Å². The van der Waals surface area contributed by atoms with E-state index in [4.69, 9.17) is 4.74 Å². The molecule has 0 saturated carbocycles. The molecule has 0 aliphatic heterocycles. The lowest BCUT2D eigenvalue weighted by molar-refractivity contribution is -0.142. The molecule has 0 unspecified atom stereocenters. The van der Waals surface area contributed by atoms with Crippen LogP contribution in [0.1, 0.15) is 64.2 Å². The molecule has 0 bridgehead atoms. The topological polar surface area (TPSA) is 58.6 Å². The lowest BCUT2D eigenvalue weighted by Gasteiger charge is -2.29. The van der Waals surface area contributed by atoms with Crippen molar-refractivity contribution in [1.82, 2.24) is 10.2 Å². The van der Waals surface area contributed by atoms with Crippen molar-refractivity contribution in [3.8, 4) is 5.75 Å². The van der Waals surface area contributed by atoms with Crippen molar-refractivity contribution < 1.29 is 14.3 Å². The molecule has 0 radical (unpaired) electrons. The van der Waals surface area contributed by atoms with Gasteiger partial charge in [-0.1, -0.05) is 76.1 Å². The Hall–Kier alpha value is -2.82. The third kappa shape index (κ3) is 7.70. The van der Waals surface area contributed by atoms with Crippen molar-refractivity contribution in [3.63, 3.8) is 0 Å². The average molecular weight is 439 g/mol. The van der Waals surface area contributed by atoms with E-state index in [9.17, 15) is 9.59 Å². The van der Waals surface area contributed by atoms with Crippen molar-refractivity contribution >= 4 is 11.8 Å². The Morgan fingerprint density at radius 1 is 1.03 bits per heavy atom. The van der Waals surface area contributed by atoms with Crippen molar-refractivity contribution in [2.75, 3.05) is 13.2 Å². The van der Waals surface area contributed by atoms with Crippen LogP contribution in [0, 0.1) is 6.92 Å². The van der Waals surface area contributed by atoms with E-state index in [0.717, 1.165) is 24.0 Å². The molecule has 0 heterocycles. The number of rotatable bonds is 10. The highest BCUT2D eigenvalue weighted by atomic mass is 16.5. The Balaban J connectivity index is 2.09. The summed E-state index contributed by atoms with van der Waals surface area (Å²) in [4.78, 5) is 27.4. The molecule has 1 atom stereocenters. The number of hydrogen-bond acceptors (Lipinski definition) is 3. The number of nitrogens with one attached hydrogen (secondary N) is 1. The van der Waals surface area contributed by atoms with Crippen LogP contribution >= 0.6 is 0 Å². The first-order valence-electron chi connectivity index (χ1n) is 11.5. The van der Waals surface area contributed by atoms with Gasteiger partial charge in [-0.25, -0.2) is 0 Å². The zero-order chi connectivity index (χ0) is 23.7. The number of amides is 2. The fraction of sp³-hybridized carbons (Fsp3) is 0.481. The highest BCUT2D eigenvalue weighted by molar-refractivity contribution is 5.87. The molecule has 5 nitrogen and oxygen atoms in total. The minimum atomic E-state index is -0.590. The van der Waals surface area contributed by atoms with Crippen LogP contribution in [0.4, 0.5) is 0 Å². The van der Waals surface area contributed by atoms with Crippen LogP contribution in [0.2, 0.25) is 0 Å². The molecule has 0 spiro atoms. The first-order chi connectivity index (χ1) is 15.1. The molecule has 0 aliphatic carbocycles. The highest BCUT2D eigenvalue weighted by Crippen LogP contribution is 2.24. The largest absolute Gasteiger partial charge is 0.484 e. The summed E-state index contributed by atoms with van der Waals surface area (Å²) in [6.07, 6.45) is 1.92. The van der Waals surface area contributed by atoms with Gasteiger partial charge in [-0.05, 0) is 48.9 Å². The third-order valence-electron chi connectivity index (χ3n) is 5.55. The predicted octanol–water partition coefficient (Wildman–Crippen LogP) is 5.00. The Bertz CT molecular complexity index is 867. The minimum Gasteiger partial charge on any atom is -0.484 e. The van der Waals surface area contributed by atoms with Crippen LogP contribution in [0.3, 0.4) is 0 Å². The number of nitrogens with zero attached hydrogens (tertiary/aromatic N) is 1. The molecule has 174 valence electrons. The number of carbonyl (C=O) groups is 2. The number of hydrogen-bond donors (Lipinski definition) is 1. The Labute approximate surface area is 193 Å². The quantitative estimate of drug-likeness (QED) is 0.531. The third-order valence-corrected chi connectivity index (χ3v) is 5.55. The maximum absolute atomic E-state index is 13.1.